The molecule has 3 N–H and O–H groups in total. The van der Waals surface area contributed by atoms with Gasteiger partial charge in [-0.25, -0.2) is 0 Å². The number of pyridine rings is 1. The van der Waals surface area contributed by atoms with Gasteiger partial charge in [-0.1, -0.05) is 13.8 Å². The number of amides is 1. The van der Waals surface area contributed by atoms with E-state index in [2.05, 4.69) is 15.6 Å². The van der Waals surface area contributed by atoms with E-state index in [4.69, 9.17) is 0 Å². The molecule has 1 amide bonds. The predicted molar refractivity (Wildman–Crippen MR) is 103 cm³/mol. The van der Waals surface area contributed by atoms with Gasteiger partial charge in [0.2, 0.25) is 0 Å². The molecule has 1 unspecified atom stereocenters. The van der Waals surface area contributed by atoms with Crippen molar-refractivity contribution in [2.24, 2.45) is 11.3 Å². The summed E-state index contributed by atoms with van der Waals surface area (Å²) in [6.07, 6.45) is 4.31. The Morgan fingerprint density at radius 3 is 2.77 bits per heavy atom. The van der Waals surface area contributed by atoms with Crippen LogP contribution in [-0.2, 0) is 6.42 Å². The minimum absolute atomic E-state index is 0. The highest BCUT2D eigenvalue weighted by Gasteiger charge is 2.32. The van der Waals surface area contributed by atoms with Crippen LogP contribution in [0.15, 0.2) is 10.9 Å². The number of nitrogens with one attached hydrogen (secondary N) is 3. The second-order valence-corrected chi connectivity index (χ2v) is 8.10. The zero-order chi connectivity index (χ0) is 18.0. The van der Waals surface area contributed by atoms with E-state index >= 15 is 0 Å². The number of hydrogen-bond acceptors (Lipinski definition) is 4. The Balaban J connectivity index is 0.00000243. The number of H-pyrrole nitrogens is 1. The molecular formula is C19H28ClN3O3. The van der Waals surface area contributed by atoms with Crippen LogP contribution in [0.2, 0.25) is 0 Å². The van der Waals surface area contributed by atoms with Crippen LogP contribution in [0.4, 0.5) is 0 Å². The number of carbonyl (C=O) groups is 2. The van der Waals surface area contributed by atoms with Crippen molar-refractivity contribution in [3.8, 4) is 0 Å². The summed E-state index contributed by atoms with van der Waals surface area (Å²) in [4.78, 5) is 39.7. The molecule has 1 aliphatic heterocycles. The SMILES string of the molecule is CC1(C)CC(=O)c2cc(C(=O)NCCC3CCCNC3)c(=O)[nH]c2C1.Cl. The van der Waals surface area contributed by atoms with Gasteiger partial charge in [-0.15, -0.1) is 12.4 Å². The second-order valence-electron chi connectivity index (χ2n) is 8.10. The second kappa shape index (κ2) is 8.35. The molecule has 6 nitrogen and oxygen atoms in total. The summed E-state index contributed by atoms with van der Waals surface area (Å²) in [6.45, 7) is 6.61. The fraction of sp³-hybridized carbons (Fsp3) is 0.632. The molecule has 144 valence electrons. The van der Waals surface area contributed by atoms with Crippen LogP contribution in [0.3, 0.4) is 0 Å². The number of aromatic amines is 1. The summed E-state index contributed by atoms with van der Waals surface area (Å²) in [5, 5.41) is 6.18. The molecule has 2 heterocycles. The lowest BCUT2D eigenvalue weighted by atomic mass is 9.75. The topological polar surface area (TPSA) is 91.1 Å². The maximum atomic E-state index is 12.4. The largest absolute Gasteiger partial charge is 0.352 e. The Hall–Kier alpha value is -1.66. The first-order valence-corrected chi connectivity index (χ1v) is 9.14. The van der Waals surface area contributed by atoms with E-state index in [-0.39, 0.29) is 29.2 Å². The van der Waals surface area contributed by atoms with Crippen molar-refractivity contribution in [1.82, 2.24) is 15.6 Å². The van der Waals surface area contributed by atoms with Crippen molar-refractivity contribution in [3.63, 3.8) is 0 Å². The molecule has 0 aromatic carbocycles. The molecule has 1 atom stereocenters. The van der Waals surface area contributed by atoms with Crippen LogP contribution in [0.1, 0.15) is 65.9 Å². The van der Waals surface area contributed by atoms with E-state index < -0.39 is 11.5 Å². The number of rotatable bonds is 4. The zero-order valence-electron chi connectivity index (χ0n) is 15.4. The molecule has 0 bridgehead atoms. The maximum absolute atomic E-state index is 12.4. The third-order valence-electron chi connectivity index (χ3n) is 5.20. The minimum Gasteiger partial charge on any atom is -0.352 e. The maximum Gasteiger partial charge on any atom is 0.261 e. The highest BCUT2D eigenvalue weighted by Crippen LogP contribution is 2.33. The molecule has 3 rings (SSSR count). The van der Waals surface area contributed by atoms with Gasteiger partial charge in [0.15, 0.2) is 5.78 Å². The summed E-state index contributed by atoms with van der Waals surface area (Å²) in [6, 6.07) is 1.48. The molecule has 2 aliphatic rings. The first-order chi connectivity index (χ1) is 11.9. The van der Waals surface area contributed by atoms with Gasteiger partial charge >= 0.3 is 0 Å². The number of Topliss-reactive ketones (excluding diaryl/α,β-unsaturated/α-hetero) is 1. The van der Waals surface area contributed by atoms with E-state index in [0.29, 0.717) is 36.6 Å². The first kappa shape index (κ1) is 20.6. The molecule has 0 spiro atoms. The van der Waals surface area contributed by atoms with Crippen molar-refractivity contribution < 1.29 is 9.59 Å². The normalized spacial score (nSPS) is 21.5. The summed E-state index contributed by atoms with van der Waals surface area (Å²) in [5.74, 6) is 0.162. The number of halogens is 1. The van der Waals surface area contributed by atoms with E-state index in [0.717, 1.165) is 19.5 Å². The zero-order valence-corrected chi connectivity index (χ0v) is 16.3. The molecule has 0 radical (unpaired) electrons. The fourth-order valence-electron chi connectivity index (χ4n) is 3.85. The lowest BCUT2D eigenvalue weighted by Crippen LogP contribution is -2.36. The average molecular weight is 382 g/mol. The summed E-state index contributed by atoms with van der Waals surface area (Å²) >= 11 is 0. The van der Waals surface area contributed by atoms with E-state index in [1.165, 1.54) is 18.9 Å². The number of ketones is 1. The summed E-state index contributed by atoms with van der Waals surface area (Å²) in [7, 11) is 0. The molecule has 1 saturated heterocycles. The number of piperidine rings is 1. The van der Waals surface area contributed by atoms with Gasteiger partial charge < -0.3 is 15.6 Å². The number of fused-ring (bicyclic) bond motifs is 1. The highest BCUT2D eigenvalue weighted by atomic mass is 35.5. The Kier molecular flexibility index (Phi) is 6.64. The predicted octanol–water partition coefficient (Wildman–Crippen LogP) is 2.07. The Morgan fingerprint density at radius 1 is 1.31 bits per heavy atom. The quantitative estimate of drug-likeness (QED) is 0.744. The molecule has 1 aliphatic carbocycles. The monoisotopic (exact) mass is 381 g/mol. The van der Waals surface area contributed by atoms with Gasteiger partial charge in [-0.3, -0.25) is 14.4 Å². The molecule has 0 saturated carbocycles. The van der Waals surface area contributed by atoms with Gasteiger partial charge in [-0.05, 0) is 56.2 Å². The van der Waals surface area contributed by atoms with Crippen LogP contribution < -0.4 is 16.2 Å². The molecule has 7 heteroatoms. The van der Waals surface area contributed by atoms with Crippen LogP contribution in [0.5, 0.6) is 0 Å². The minimum atomic E-state index is -0.416. The third kappa shape index (κ3) is 4.74. The standard InChI is InChI=1S/C19H27N3O3.ClH/c1-19(2)9-15-13(16(23)10-19)8-14(18(25)22-15)17(24)21-7-5-12-4-3-6-20-11-12;/h8,12,20H,3-7,9-11H2,1-2H3,(H,21,24)(H,22,25);1H. The van der Waals surface area contributed by atoms with Gasteiger partial charge in [0, 0.05) is 24.2 Å². The lowest BCUT2D eigenvalue weighted by Gasteiger charge is -2.29. The van der Waals surface area contributed by atoms with Crippen LogP contribution in [0, 0.1) is 11.3 Å². The third-order valence-corrected chi connectivity index (χ3v) is 5.20. The van der Waals surface area contributed by atoms with Crippen LogP contribution >= 0.6 is 12.4 Å². The number of carbonyl (C=O) groups excluding carboxylic acids is 2. The van der Waals surface area contributed by atoms with Crippen molar-refractivity contribution >= 4 is 24.1 Å². The smallest absolute Gasteiger partial charge is 0.261 e. The van der Waals surface area contributed by atoms with E-state index in [9.17, 15) is 14.4 Å². The highest BCUT2D eigenvalue weighted by molar-refractivity contribution is 6.02. The van der Waals surface area contributed by atoms with Crippen molar-refractivity contribution in [2.45, 2.75) is 46.0 Å². The van der Waals surface area contributed by atoms with Crippen molar-refractivity contribution in [1.29, 1.82) is 0 Å². The summed E-state index contributed by atoms with van der Waals surface area (Å²) in [5.41, 5.74) is 0.594. The van der Waals surface area contributed by atoms with E-state index in [1.807, 2.05) is 13.8 Å². The van der Waals surface area contributed by atoms with E-state index in [1.54, 1.807) is 0 Å². The first-order valence-electron chi connectivity index (χ1n) is 9.14. The fourth-order valence-corrected chi connectivity index (χ4v) is 3.85. The number of hydrogen-bond donors (Lipinski definition) is 3. The molecular weight excluding hydrogens is 354 g/mol. The summed E-state index contributed by atoms with van der Waals surface area (Å²) < 4.78 is 0. The van der Waals surface area contributed by atoms with Crippen LogP contribution in [0.25, 0.3) is 0 Å². The molecule has 1 fully saturated rings. The molecule has 1 aromatic rings. The lowest BCUT2D eigenvalue weighted by molar-refractivity contribution is 0.0910. The number of aromatic nitrogens is 1. The molecule has 26 heavy (non-hydrogen) atoms. The van der Waals surface area contributed by atoms with Gasteiger partial charge in [0.1, 0.15) is 5.56 Å². The van der Waals surface area contributed by atoms with Crippen molar-refractivity contribution in [3.05, 3.63) is 33.2 Å². The Labute approximate surface area is 159 Å². The van der Waals surface area contributed by atoms with Gasteiger partial charge in [-0.2, -0.15) is 0 Å². The van der Waals surface area contributed by atoms with Crippen LogP contribution in [-0.4, -0.2) is 36.3 Å². The Morgan fingerprint density at radius 2 is 2.08 bits per heavy atom. The van der Waals surface area contributed by atoms with Gasteiger partial charge in [0.25, 0.3) is 11.5 Å². The molecule has 1 aromatic heterocycles. The van der Waals surface area contributed by atoms with Crippen molar-refractivity contribution in [2.75, 3.05) is 19.6 Å². The average Bonchev–Trinajstić information content (AvgIpc) is 2.54. The van der Waals surface area contributed by atoms with Gasteiger partial charge in [0.05, 0.1) is 0 Å². The Bertz CT molecular complexity index is 736.